The predicted molar refractivity (Wildman–Crippen MR) is 77.1 cm³/mol. The summed E-state index contributed by atoms with van der Waals surface area (Å²) < 4.78 is 5.29. The highest BCUT2D eigenvalue weighted by atomic mass is 35.5. The molecule has 2 heterocycles. The zero-order valence-electron chi connectivity index (χ0n) is 12.0. The third-order valence-electron chi connectivity index (χ3n) is 3.51. The molecule has 2 N–H and O–H groups in total. The van der Waals surface area contributed by atoms with Crippen LogP contribution in [0.5, 0.6) is 0 Å². The van der Waals surface area contributed by atoms with Gasteiger partial charge in [-0.15, -0.1) is 12.4 Å². The summed E-state index contributed by atoms with van der Waals surface area (Å²) >= 11 is 0. The standard InChI is InChI=1S/C13H24N4O.ClH/c1-9(2)6-12-15-13(18-16-12)8-17-5-4-11(7-17)10(3)14;/h9-11H,4-8,14H2,1-3H3;1H. The molecular formula is C13H25ClN4O. The highest BCUT2D eigenvalue weighted by Gasteiger charge is 2.26. The fourth-order valence-corrected chi connectivity index (χ4v) is 2.43. The van der Waals surface area contributed by atoms with Gasteiger partial charge in [0, 0.05) is 19.0 Å². The lowest BCUT2D eigenvalue weighted by Gasteiger charge is -2.15. The van der Waals surface area contributed by atoms with Crippen LogP contribution in [0.2, 0.25) is 0 Å². The predicted octanol–water partition coefficient (Wildman–Crippen LogP) is 1.86. The average molecular weight is 289 g/mol. The molecule has 0 aromatic carbocycles. The number of likely N-dealkylation sites (tertiary alicyclic amines) is 1. The molecule has 0 saturated carbocycles. The lowest BCUT2D eigenvalue weighted by atomic mass is 10.0. The summed E-state index contributed by atoms with van der Waals surface area (Å²) in [5.74, 6) is 2.71. The van der Waals surface area contributed by atoms with Crippen LogP contribution in [0.15, 0.2) is 4.52 Å². The summed E-state index contributed by atoms with van der Waals surface area (Å²) in [4.78, 5) is 6.78. The van der Waals surface area contributed by atoms with E-state index in [4.69, 9.17) is 10.3 Å². The second kappa shape index (κ2) is 7.22. The van der Waals surface area contributed by atoms with Crippen LogP contribution in [0, 0.1) is 11.8 Å². The van der Waals surface area contributed by atoms with E-state index in [2.05, 4.69) is 35.8 Å². The zero-order valence-corrected chi connectivity index (χ0v) is 12.8. The molecule has 1 aliphatic rings. The molecule has 0 spiro atoms. The molecule has 1 aromatic rings. The first-order valence-corrected chi connectivity index (χ1v) is 6.84. The van der Waals surface area contributed by atoms with Gasteiger partial charge in [-0.1, -0.05) is 19.0 Å². The van der Waals surface area contributed by atoms with Crippen molar-refractivity contribution in [1.82, 2.24) is 15.0 Å². The number of aromatic nitrogens is 2. The smallest absolute Gasteiger partial charge is 0.240 e. The lowest BCUT2D eigenvalue weighted by Crippen LogP contribution is -2.29. The Hall–Kier alpha value is -0.650. The minimum Gasteiger partial charge on any atom is -0.338 e. The minimum atomic E-state index is 0. The highest BCUT2D eigenvalue weighted by molar-refractivity contribution is 5.85. The van der Waals surface area contributed by atoms with Gasteiger partial charge in [-0.3, -0.25) is 4.90 Å². The molecule has 0 aliphatic carbocycles. The normalized spacial score (nSPS) is 21.6. The quantitative estimate of drug-likeness (QED) is 0.896. The Kier molecular flexibility index (Phi) is 6.23. The van der Waals surface area contributed by atoms with Gasteiger partial charge in [0.2, 0.25) is 5.89 Å². The average Bonchev–Trinajstić information content (AvgIpc) is 2.88. The van der Waals surface area contributed by atoms with Crippen molar-refractivity contribution in [3.8, 4) is 0 Å². The maximum atomic E-state index is 5.93. The Balaban J connectivity index is 0.00000180. The summed E-state index contributed by atoms with van der Waals surface area (Å²) in [7, 11) is 0. The van der Waals surface area contributed by atoms with E-state index in [1.165, 1.54) is 6.42 Å². The summed E-state index contributed by atoms with van der Waals surface area (Å²) in [6.45, 7) is 9.27. The number of hydrogen-bond donors (Lipinski definition) is 1. The first-order valence-electron chi connectivity index (χ1n) is 6.84. The van der Waals surface area contributed by atoms with E-state index >= 15 is 0 Å². The third-order valence-corrected chi connectivity index (χ3v) is 3.51. The molecule has 1 aliphatic heterocycles. The molecule has 110 valence electrons. The van der Waals surface area contributed by atoms with Gasteiger partial charge in [0.1, 0.15) is 0 Å². The number of rotatable bonds is 5. The van der Waals surface area contributed by atoms with Crippen molar-refractivity contribution in [3.05, 3.63) is 11.7 Å². The Morgan fingerprint density at radius 1 is 1.42 bits per heavy atom. The highest BCUT2D eigenvalue weighted by Crippen LogP contribution is 2.20. The van der Waals surface area contributed by atoms with Crippen molar-refractivity contribution in [2.45, 2.75) is 46.2 Å². The molecule has 6 heteroatoms. The molecule has 2 rings (SSSR count). The molecule has 0 radical (unpaired) electrons. The topological polar surface area (TPSA) is 68.2 Å². The van der Waals surface area contributed by atoms with E-state index in [1.54, 1.807) is 0 Å². The van der Waals surface area contributed by atoms with Crippen LogP contribution in [0.1, 0.15) is 38.9 Å². The summed E-state index contributed by atoms with van der Waals surface area (Å²) in [5.41, 5.74) is 5.93. The minimum absolute atomic E-state index is 0. The molecule has 2 unspecified atom stereocenters. The Labute approximate surface area is 121 Å². The summed E-state index contributed by atoms with van der Waals surface area (Å²) in [5, 5.41) is 4.02. The van der Waals surface area contributed by atoms with Crippen LogP contribution in [-0.2, 0) is 13.0 Å². The molecule has 1 saturated heterocycles. The Morgan fingerprint density at radius 2 is 2.16 bits per heavy atom. The SMILES string of the molecule is CC(C)Cc1noc(CN2CCC(C(C)N)C2)n1.Cl. The van der Waals surface area contributed by atoms with Crippen molar-refractivity contribution in [1.29, 1.82) is 0 Å². The molecule has 5 nitrogen and oxygen atoms in total. The van der Waals surface area contributed by atoms with Gasteiger partial charge >= 0.3 is 0 Å². The van der Waals surface area contributed by atoms with E-state index in [0.29, 0.717) is 11.8 Å². The maximum absolute atomic E-state index is 5.93. The molecule has 19 heavy (non-hydrogen) atoms. The van der Waals surface area contributed by atoms with Gasteiger partial charge in [0.25, 0.3) is 0 Å². The van der Waals surface area contributed by atoms with Crippen LogP contribution in [0.3, 0.4) is 0 Å². The van der Waals surface area contributed by atoms with Crippen molar-refractivity contribution >= 4 is 12.4 Å². The molecule has 1 aromatic heterocycles. The van der Waals surface area contributed by atoms with E-state index in [9.17, 15) is 0 Å². The van der Waals surface area contributed by atoms with Crippen LogP contribution in [-0.4, -0.2) is 34.2 Å². The number of nitrogens with two attached hydrogens (primary N) is 1. The first-order chi connectivity index (χ1) is 8.54. The Morgan fingerprint density at radius 3 is 2.74 bits per heavy atom. The summed E-state index contributed by atoms with van der Waals surface area (Å²) in [6.07, 6.45) is 2.05. The number of halogens is 1. The van der Waals surface area contributed by atoms with E-state index < -0.39 is 0 Å². The van der Waals surface area contributed by atoms with Crippen molar-refractivity contribution in [2.75, 3.05) is 13.1 Å². The zero-order chi connectivity index (χ0) is 13.1. The van der Waals surface area contributed by atoms with Gasteiger partial charge in [-0.05, 0) is 31.7 Å². The van der Waals surface area contributed by atoms with Crippen LogP contribution in [0.25, 0.3) is 0 Å². The second-order valence-electron chi connectivity index (χ2n) is 5.85. The largest absolute Gasteiger partial charge is 0.338 e. The van der Waals surface area contributed by atoms with E-state index in [-0.39, 0.29) is 18.4 Å². The van der Waals surface area contributed by atoms with Crippen molar-refractivity contribution < 1.29 is 4.52 Å². The van der Waals surface area contributed by atoms with Gasteiger partial charge in [0.05, 0.1) is 6.54 Å². The van der Waals surface area contributed by atoms with Crippen molar-refractivity contribution in [3.63, 3.8) is 0 Å². The Bertz CT molecular complexity index is 380. The molecule has 2 atom stereocenters. The lowest BCUT2D eigenvalue weighted by molar-refractivity contribution is 0.256. The number of hydrogen-bond acceptors (Lipinski definition) is 5. The van der Waals surface area contributed by atoms with Crippen molar-refractivity contribution in [2.24, 2.45) is 17.6 Å². The van der Waals surface area contributed by atoms with Gasteiger partial charge in [-0.2, -0.15) is 4.98 Å². The molecule has 1 fully saturated rings. The van der Waals surface area contributed by atoms with E-state index in [0.717, 1.165) is 37.8 Å². The first kappa shape index (κ1) is 16.4. The number of nitrogens with zero attached hydrogens (tertiary/aromatic N) is 3. The van der Waals surface area contributed by atoms with Gasteiger partial charge in [-0.25, -0.2) is 0 Å². The van der Waals surface area contributed by atoms with Crippen LogP contribution in [0.4, 0.5) is 0 Å². The van der Waals surface area contributed by atoms with Crippen LogP contribution < -0.4 is 5.73 Å². The van der Waals surface area contributed by atoms with E-state index in [1.807, 2.05) is 0 Å². The fraction of sp³-hybridized carbons (Fsp3) is 0.846. The monoisotopic (exact) mass is 288 g/mol. The van der Waals surface area contributed by atoms with Crippen LogP contribution >= 0.6 is 12.4 Å². The third kappa shape index (κ3) is 4.75. The summed E-state index contributed by atoms with van der Waals surface area (Å²) in [6, 6.07) is 0.272. The molecule has 0 bridgehead atoms. The second-order valence-corrected chi connectivity index (χ2v) is 5.85. The molecular weight excluding hydrogens is 264 g/mol. The maximum Gasteiger partial charge on any atom is 0.240 e. The van der Waals surface area contributed by atoms with Gasteiger partial charge < -0.3 is 10.3 Å². The fourth-order valence-electron chi connectivity index (χ4n) is 2.43. The van der Waals surface area contributed by atoms with Gasteiger partial charge in [0.15, 0.2) is 5.82 Å². The molecule has 0 amide bonds.